The van der Waals surface area contributed by atoms with Crippen LogP contribution >= 0.6 is 0 Å². The van der Waals surface area contributed by atoms with Crippen molar-refractivity contribution >= 4 is 0 Å². The van der Waals surface area contributed by atoms with E-state index >= 15 is 0 Å². The summed E-state index contributed by atoms with van der Waals surface area (Å²) in [5, 5.41) is 3.50. The Balaban J connectivity index is 1.55. The van der Waals surface area contributed by atoms with Crippen LogP contribution in [0.5, 0.6) is 5.75 Å². The van der Waals surface area contributed by atoms with Gasteiger partial charge in [0.25, 0.3) is 0 Å². The molecule has 2 heteroatoms. The minimum Gasteiger partial charge on any atom is -0.497 e. The fourth-order valence-corrected chi connectivity index (χ4v) is 2.51. The van der Waals surface area contributed by atoms with E-state index in [2.05, 4.69) is 41.7 Å². The Bertz CT molecular complexity index is 575. The third kappa shape index (κ3) is 3.40. The van der Waals surface area contributed by atoms with Crippen molar-refractivity contribution in [3.8, 4) is 5.75 Å². The van der Waals surface area contributed by atoms with Gasteiger partial charge in [0.2, 0.25) is 0 Å². The van der Waals surface area contributed by atoms with E-state index in [1.54, 1.807) is 7.11 Å². The fourth-order valence-electron chi connectivity index (χ4n) is 2.51. The molecular weight excluding hydrogens is 246 g/mol. The number of benzene rings is 2. The molecule has 3 rings (SSSR count). The minimum absolute atomic E-state index is 0.827. The molecule has 0 atom stereocenters. The SMILES string of the molecule is COc1cccc(CNCc2cccc(C3CC3)c2)c1. The van der Waals surface area contributed by atoms with Crippen molar-refractivity contribution in [2.45, 2.75) is 31.8 Å². The predicted octanol–water partition coefficient (Wildman–Crippen LogP) is 3.86. The van der Waals surface area contributed by atoms with Gasteiger partial charge in [-0.3, -0.25) is 0 Å². The standard InChI is InChI=1S/C18H21NO/c1-20-18-7-3-5-15(11-18)13-19-12-14-4-2-6-17(10-14)16-8-9-16/h2-7,10-11,16,19H,8-9,12-13H2,1H3. The molecule has 0 unspecified atom stereocenters. The van der Waals surface area contributed by atoms with Crippen LogP contribution in [-0.2, 0) is 13.1 Å². The summed E-state index contributed by atoms with van der Waals surface area (Å²) in [6.45, 7) is 1.78. The highest BCUT2D eigenvalue weighted by Gasteiger charge is 2.23. The summed E-state index contributed by atoms with van der Waals surface area (Å²) in [6.07, 6.45) is 2.72. The van der Waals surface area contributed by atoms with Gasteiger partial charge in [0.1, 0.15) is 5.75 Å². The smallest absolute Gasteiger partial charge is 0.119 e. The Morgan fingerprint density at radius 3 is 2.40 bits per heavy atom. The minimum atomic E-state index is 0.827. The molecule has 0 bridgehead atoms. The summed E-state index contributed by atoms with van der Waals surface area (Å²) in [7, 11) is 1.70. The van der Waals surface area contributed by atoms with Gasteiger partial charge in [-0.05, 0) is 47.6 Å². The summed E-state index contributed by atoms with van der Waals surface area (Å²) in [5.41, 5.74) is 4.13. The van der Waals surface area contributed by atoms with Crippen LogP contribution in [0.1, 0.15) is 35.4 Å². The van der Waals surface area contributed by atoms with E-state index in [-0.39, 0.29) is 0 Å². The molecule has 1 aliphatic carbocycles. The third-order valence-electron chi connectivity index (χ3n) is 3.79. The molecule has 104 valence electrons. The molecular formula is C18H21NO. The lowest BCUT2D eigenvalue weighted by Gasteiger charge is -2.08. The summed E-state index contributed by atoms with van der Waals surface area (Å²) in [4.78, 5) is 0. The van der Waals surface area contributed by atoms with Gasteiger partial charge >= 0.3 is 0 Å². The van der Waals surface area contributed by atoms with Gasteiger partial charge < -0.3 is 10.1 Å². The van der Waals surface area contributed by atoms with E-state index in [0.29, 0.717) is 0 Å². The van der Waals surface area contributed by atoms with Crippen molar-refractivity contribution in [2.75, 3.05) is 7.11 Å². The first-order chi connectivity index (χ1) is 9.85. The van der Waals surface area contributed by atoms with Gasteiger partial charge in [-0.2, -0.15) is 0 Å². The van der Waals surface area contributed by atoms with Gasteiger partial charge in [-0.1, -0.05) is 36.4 Å². The molecule has 1 saturated carbocycles. The number of nitrogens with one attached hydrogen (secondary N) is 1. The van der Waals surface area contributed by atoms with Crippen molar-refractivity contribution in [3.05, 3.63) is 65.2 Å². The first-order valence-corrected chi connectivity index (χ1v) is 7.27. The van der Waals surface area contributed by atoms with Crippen LogP contribution < -0.4 is 10.1 Å². The lowest BCUT2D eigenvalue weighted by Crippen LogP contribution is -2.12. The van der Waals surface area contributed by atoms with E-state index in [0.717, 1.165) is 24.8 Å². The zero-order valence-corrected chi connectivity index (χ0v) is 11.9. The highest BCUT2D eigenvalue weighted by molar-refractivity contribution is 5.30. The predicted molar refractivity (Wildman–Crippen MR) is 82.0 cm³/mol. The molecule has 1 aliphatic rings. The van der Waals surface area contributed by atoms with E-state index in [1.165, 1.54) is 29.5 Å². The Morgan fingerprint density at radius 1 is 1.00 bits per heavy atom. The Hall–Kier alpha value is -1.80. The van der Waals surface area contributed by atoms with Crippen LogP contribution in [-0.4, -0.2) is 7.11 Å². The molecule has 0 aliphatic heterocycles. The summed E-state index contributed by atoms with van der Waals surface area (Å²) in [6, 6.07) is 17.2. The highest BCUT2D eigenvalue weighted by atomic mass is 16.5. The molecule has 1 N–H and O–H groups in total. The first-order valence-electron chi connectivity index (χ1n) is 7.27. The lowest BCUT2D eigenvalue weighted by atomic mass is 10.1. The number of hydrogen-bond acceptors (Lipinski definition) is 2. The summed E-state index contributed by atoms with van der Waals surface area (Å²) >= 11 is 0. The molecule has 0 heterocycles. The van der Waals surface area contributed by atoms with Gasteiger partial charge in [-0.15, -0.1) is 0 Å². The number of ether oxygens (including phenoxy) is 1. The van der Waals surface area contributed by atoms with Crippen molar-refractivity contribution in [1.82, 2.24) is 5.32 Å². The number of hydrogen-bond donors (Lipinski definition) is 1. The zero-order chi connectivity index (χ0) is 13.8. The monoisotopic (exact) mass is 267 g/mol. The molecule has 20 heavy (non-hydrogen) atoms. The van der Waals surface area contributed by atoms with Crippen molar-refractivity contribution < 1.29 is 4.74 Å². The summed E-state index contributed by atoms with van der Waals surface area (Å²) < 4.78 is 5.24. The van der Waals surface area contributed by atoms with Crippen LogP contribution in [0.3, 0.4) is 0 Å². The van der Waals surface area contributed by atoms with Crippen LogP contribution in [0.2, 0.25) is 0 Å². The first kappa shape index (κ1) is 13.2. The average molecular weight is 267 g/mol. The van der Waals surface area contributed by atoms with Crippen molar-refractivity contribution in [1.29, 1.82) is 0 Å². The zero-order valence-electron chi connectivity index (χ0n) is 11.9. The van der Waals surface area contributed by atoms with Gasteiger partial charge in [0, 0.05) is 13.1 Å². The second kappa shape index (κ2) is 6.10. The Labute approximate surface area is 120 Å². The van der Waals surface area contributed by atoms with Crippen molar-refractivity contribution in [2.24, 2.45) is 0 Å². The van der Waals surface area contributed by atoms with E-state index in [9.17, 15) is 0 Å². The van der Waals surface area contributed by atoms with E-state index in [1.807, 2.05) is 12.1 Å². The molecule has 1 fully saturated rings. The molecule has 0 spiro atoms. The van der Waals surface area contributed by atoms with Crippen LogP contribution in [0.25, 0.3) is 0 Å². The van der Waals surface area contributed by atoms with Gasteiger partial charge in [0.05, 0.1) is 7.11 Å². The second-order valence-corrected chi connectivity index (χ2v) is 5.47. The molecule has 0 saturated heterocycles. The van der Waals surface area contributed by atoms with E-state index < -0.39 is 0 Å². The molecule has 0 amide bonds. The van der Waals surface area contributed by atoms with Crippen LogP contribution in [0.15, 0.2) is 48.5 Å². The maximum absolute atomic E-state index is 5.24. The topological polar surface area (TPSA) is 21.3 Å². The Kier molecular flexibility index (Phi) is 4.03. The molecule has 0 radical (unpaired) electrons. The maximum atomic E-state index is 5.24. The third-order valence-corrected chi connectivity index (χ3v) is 3.79. The normalized spacial score (nSPS) is 14.2. The molecule has 2 aromatic rings. The van der Waals surface area contributed by atoms with E-state index in [4.69, 9.17) is 4.74 Å². The highest BCUT2D eigenvalue weighted by Crippen LogP contribution is 2.40. The van der Waals surface area contributed by atoms with Gasteiger partial charge in [0.15, 0.2) is 0 Å². The fraction of sp³-hybridized carbons (Fsp3) is 0.333. The van der Waals surface area contributed by atoms with Crippen molar-refractivity contribution in [3.63, 3.8) is 0 Å². The largest absolute Gasteiger partial charge is 0.497 e. The van der Waals surface area contributed by atoms with Gasteiger partial charge in [-0.25, -0.2) is 0 Å². The average Bonchev–Trinajstić information content (AvgIpc) is 3.33. The van der Waals surface area contributed by atoms with Crippen LogP contribution in [0, 0.1) is 0 Å². The number of methoxy groups -OCH3 is 1. The maximum Gasteiger partial charge on any atom is 0.119 e. The molecule has 2 nitrogen and oxygen atoms in total. The lowest BCUT2D eigenvalue weighted by molar-refractivity contribution is 0.414. The second-order valence-electron chi connectivity index (χ2n) is 5.47. The number of rotatable bonds is 6. The molecule has 0 aromatic heterocycles. The van der Waals surface area contributed by atoms with Crippen LogP contribution in [0.4, 0.5) is 0 Å². The quantitative estimate of drug-likeness (QED) is 0.858. The summed E-state index contributed by atoms with van der Waals surface area (Å²) in [5.74, 6) is 1.74. The Morgan fingerprint density at radius 2 is 1.70 bits per heavy atom. The molecule has 2 aromatic carbocycles.